The van der Waals surface area contributed by atoms with Gasteiger partial charge in [0.1, 0.15) is 4.21 Å². The molecule has 1 aromatic rings. The minimum absolute atomic E-state index is 0.398. The minimum Gasteiger partial charge on any atom is -0.310 e. The quantitative estimate of drug-likeness (QED) is 0.812. The number of aryl methyl sites for hydroxylation is 1. The molecule has 0 aromatic carbocycles. The van der Waals surface area contributed by atoms with Gasteiger partial charge < -0.3 is 5.32 Å². The Balaban J connectivity index is 2.04. The molecule has 0 amide bonds. The average Bonchev–Trinajstić information content (AvgIpc) is 3.07. The molecule has 0 aliphatic heterocycles. The van der Waals surface area contributed by atoms with Gasteiger partial charge in [0, 0.05) is 24.0 Å². The van der Waals surface area contributed by atoms with E-state index in [1.54, 1.807) is 6.07 Å². The van der Waals surface area contributed by atoms with Gasteiger partial charge in [0.05, 0.1) is 0 Å². The number of rotatable bonds is 7. The molecule has 1 aromatic heterocycles. The van der Waals surface area contributed by atoms with Gasteiger partial charge in [-0.15, -0.1) is 11.3 Å². The highest BCUT2D eigenvalue weighted by Gasteiger charge is 2.25. The number of hydrogen-bond acceptors (Lipinski definition) is 4. The van der Waals surface area contributed by atoms with E-state index >= 15 is 0 Å². The summed E-state index contributed by atoms with van der Waals surface area (Å²) < 4.78 is 27.4. The van der Waals surface area contributed by atoms with Crippen LogP contribution in [-0.2, 0) is 16.6 Å². The van der Waals surface area contributed by atoms with E-state index in [1.165, 1.54) is 11.3 Å². The van der Waals surface area contributed by atoms with E-state index in [9.17, 15) is 8.42 Å². The molecule has 0 spiro atoms. The van der Waals surface area contributed by atoms with Crippen molar-refractivity contribution in [2.24, 2.45) is 5.92 Å². The number of hydrogen-bond donors (Lipinski definition) is 2. The van der Waals surface area contributed by atoms with E-state index in [-0.39, 0.29) is 0 Å². The van der Waals surface area contributed by atoms with Crippen molar-refractivity contribution in [2.75, 3.05) is 6.54 Å². The zero-order valence-corrected chi connectivity index (χ0v) is 13.3. The van der Waals surface area contributed by atoms with E-state index in [4.69, 9.17) is 0 Å². The molecule has 1 aliphatic carbocycles. The summed E-state index contributed by atoms with van der Waals surface area (Å²) in [6.07, 6.45) is 2.30. The summed E-state index contributed by atoms with van der Waals surface area (Å²) in [6.45, 7) is 7.44. The highest BCUT2D eigenvalue weighted by Crippen LogP contribution is 2.29. The van der Waals surface area contributed by atoms with Gasteiger partial charge >= 0.3 is 0 Å². The number of nitrogens with one attached hydrogen (secondary N) is 2. The van der Waals surface area contributed by atoms with Gasteiger partial charge in [-0.3, -0.25) is 0 Å². The van der Waals surface area contributed by atoms with Gasteiger partial charge in [-0.1, -0.05) is 13.8 Å². The lowest BCUT2D eigenvalue weighted by atomic mass is 10.3. The van der Waals surface area contributed by atoms with Crippen LogP contribution in [0.3, 0.4) is 0 Å². The molecule has 0 atom stereocenters. The van der Waals surface area contributed by atoms with Gasteiger partial charge in [-0.05, 0) is 37.3 Å². The summed E-state index contributed by atoms with van der Waals surface area (Å²) in [5.74, 6) is 0.554. The fraction of sp³-hybridized carbons (Fsp3) is 0.692. The Morgan fingerprint density at radius 1 is 1.42 bits per heavy atom. The summed E-state index contributed by atoms with van der Waals surface area (Å²) in [5.41, 5.74) is 1.05. The van der Waals surface area contributed by atoms with Gasteiger partial charge in [-0.2, -0.15) is 0 Å². The van der Waals surface area contributed by atoms with Crippen LogP contribution in [0.25, 0.3) is 0 Å². The van der Waals surface area contributed by atoms with Crippen molar-refractivity contribution in [3.63, 3.8) is 0 Å². The fourth-order valence-electron chi connectivity index (χ4n) is 1.71. The summed E-state index contributed by atoms with van der Waals surface area (Å²) in [5, 5.41) is 3.32. The number of sulfonamides is 1. The molecule has 108 valence electrons. The molecule has 2 N–H and O–H groups in total. The van der Waals surface area contributed by atoms with Crippen LogP contribution >= 0.6 is 11.3 Å². The Kier molecular flexibility index (Phi) is 4.66. The topological polar surface area (TPSA) is 58.2 Å². The predicted molar refractivity (Wildman–Crippen MR) is 78.9 cm³/mol. The van der Waals surface area contributed by atoms with E-state index in [0.29, 0.717) is 22.7 Å². The van der Waals surface area contributed by atoms with Gasteiger partial charge in [0.15, 0.2) is 0 Å². The summed E-state index contributed by atoms with van der Waals surface area (Å²) >= 11 is 1.37. The zero-order valence-electron chi connectivity index (χ0n) is 11.7. The van der Waals surface area contributed by atoms with Crippen LogP contribution < -0.4 is 10.0 Å². The van der Waals surface area contributed by atoms with Crippen molar-refractivity contribution in [3.05, 3.63) is 16.5 Å². The summed E-state index contributed by atoms with van der Waals surface area (Å²) in [7, 11) is -3.31. The van der Waals surface area contributed by atoms with Crippen LogP contribution in [0, 0.1) is 12.8 Å². The smallest absolute Gasteiger partial charge is 0.250 e. The van der Waals surface area contributed by atoms with Crippen molar-refractivity contribution in [1.29, 1.82) is 0 Å². The maximum absolute atomic E-state index is 12.1. The SMILES string of the molecule is Cc1cc(S(=O)(=O)NCC2CC2)sc1CNC(C)C. The zero-order chi connectivity index (χ0) is 14.0. The molecule has 19 heavy (non-hydrogen) atoms. The first-order valence-corrected chi connectivity index (χ1v) is 9.01. The Labute approximate surface area is 119 Å². The van der Waals surface area contributed by atoms with Crippen LogP contribution in [0.5, 0.6) is 0 Å². The third-order valence-electron chi connectivity index (χ3n) is 3.19. The molecular weight excluding hydrogens is 280 g/mol. The van der Waals surface area contributed by atoms with Crippen molar-refractivity contribution >= 4 is 21.4 Å². The van der Waals surface area contributed by atoms with Crippen molar-refractivity contribution in [2.45, 2.75) is 50.4 Å². The highest BCUT2D eigenvalue weighted by molar-refractivity contribution is 7.91. The van der Waals surface area contributed by atoms with Gasteiger partial charge in [-0.25, -0.2) is 13.1 Å². The maximum atomic E-state index is 12.1. The highest BCUT2D eigenvalue weighted by atomic mass is 32.2. The normalized spacial score (nSPS) is 16.2. The molecule has 0 saturated heterocycles. The number of thiophene rings is 1. The standard InChI is InChI=1S/C13H22N2O2S2/c1-9(2)14-8-12-10(3)6-13(18-12)19(16,17)15-7-11-4-5-11/h6,9,11,14-15H,4-5,7-8H2,1-3H3. The molecule has 1 fully saturated rings. The van der Waals surface area contributed by atoms with Gasteiger partial charge in [0.25, 0.3) is 0 Å². The Morgan fingerprint density at radius 2 is 2.11 bits per heavy atom. The predicted octanol–water partition coefficient (Wildman–Crippen LogP) is 2.24. The monoisotopic (exact) mass is 302 g/mol. The van der Waals surface area contributed by atoms with Crippen LogP contribution in [0.1, 0.15) is 37.1 Å². The third kappa shape index (κ3) is 4.27. The van der Waals surface area contributed by atoms with Crippen molar-refractivity contribution < 1.29 is 8.42 Å². The maximum Gasteiger partial charge on any atom is 0.250 e. The largest absolute Gasteiger partial charge is 0.310 e. The third-order valence-corrected chi connectivity index (χ3v) is 6.33. The molecule has 0 unspecified atom stereocenters. The second-order valence-electron chi connectivity index (χ2n) is 5.50. The fourth-order valence-corrected chi connectivity index (χ4v) is 4.41. The molecule has 0 bridgehead atoms. The molecule has 1 saturated carbocycles. The summed E-state index contributed by atoms with van der Waals surface area (Å²) in [4.78, 5) is 1.10. The molecule has 4 nitrogen and oxygen atoms in total. The average molecular weight is 302 g/mol. The first-order chi connectivity index (χ1) is 8.88. The van der Waals surface area contributed by atoms with Gasteiger partial charge in [0.2, 0.25) is 10.0 Å². The van der Waals surface area contributed by atoms with E-state index in [2.05, 4.69) is 23.9 Å². The second-order valence-corrected chi connectivity index (χ2v) is 8.63. The Bertz CT molecular complexity index is 531. The first kappa shape index (κ1) is 15.0. The van der Waals surface area contributed by atoms with Crippen molar-refractivity contribution in [1.82, 2.24) is 10.0 Å². The first-order valence-electron chi connectivity index (χ1n) is 6.71. The minimum atomic E-state index is -3.31. The van der Waals surface area contributed by atoms with E-state index in [1.807, 2.05) is 6.92 Å². The Hall–Kier alpha value is -0.430. The lowest BCUT2D eigenvalue weighted by molar-refractivity contribution is 0.579. The molecule has 1 heterocycles. The van der Waals surface area contributed by atoms with Crippen LogP contribution in [0.4, 0.5) is 0 Å². The van der Waals surface area contributed by atoms with Crippen LogP contribution in [0.15, 0.2) is 10.3 Å². The molecular formula is C13H22N2O2S2. The molecule has 6 heteroatoms. The van der Waals surface area contributed by atoms with Crippen LogP contribution in [0.2, 0.25) is 0 Å². The Morgan fingerprint density at radius 3 is 2.68 bits per heavy atom. The van der Waals surface area contributed by atoms with Crippen LogP contribution in [-0.4, -0.2) is 21.0 Å². The molecule has 1 aliphatic rings. The molecule has 0 radical (unpaired) electrons. The lowest BCUT2D eigenvalue weighted by Gasteiger charge is -2.06. The van der Waals surface area contributed by atoms with E-state index in [0.717, 1.165) is 29.8 Å². The summed E-state index contributed by atoms with van der Waals surface area (Å²) in [6, 6.07) is 2.17. The van der Waals surface area contributed by atoms with Crippen molar-refractivity contribution in [3.8, 4) is 0 Å². The van der Waals surface area contributed by atoms with E-state index < -0.39 is 10.0 Å². The molecule has 2 rings (SSSR count). The second kappa shape index (κ2) is 5.91. The lowest BCUT2D eigenvalue weighted by Crippen LogP contribution is -2.25.